The smallest absolute Gasteiger partial charge is 0.344 e. The number of ether oxygens (including phenoxy) is 2. The van der Waals surface area contributed by atoms with Crippen molar-refractivity contribution in [2.45, 2.75) is 39.3 Å². The molecule has 0 saturated heterocycles. The maximum absolute atomic E-state index is 11.7. The summed E-state index contributed by atoms with van der Waals surface area (Å²) in [5, 5.41) is 11.8. The Balaban J connectivity index is 1.72. The van der Waals surface area contributed by atoms with Crippen molar-refractivity contribution in [2.75, 3.05) is 6.61 Å². The number of carbonyl (C=O) groups is 2. The third-order valence-corrected chi connectivity index (χ3v) is 2.95. The molecule has 0 aliphatic rings. The first kappa shape index (κ1) is 17.6. The third kappa shape index (κ3) is 5.45. The van der Waals surface area contributed by atoms with Crippen LogP contribution in [0.3, 0.4) is 0 Å². The number of tetrazole rings is 1. The lowest BCUT2D eigenvalue weighted by atomic mass is 10.1. The molecule has 8 nitrogen and oxygen atoms in total. The van der Waals surface area contributed by atoms with Crippen molar-refractivity contribution in [3.63, 3.8) is 0 Å². The fraction of sp³-hybridized carbons (Fsp3) is 0.438. The molecule has 128 valence electrons. The summed E-state index contributed by atoms with van der Waals surface area (Å²) >= 11 is 0. The molecular weight excluding hydrogens is 312 g/mol. The van der Waals surface area contributed by atoms with E-state index in [2.05, 4.69) is 15.4 Å². The quantitative estimate of drug-likeness (QED) is 0.735. The first-order valence-corrected chi connectivity index (χ1v) is 7.49. The van der Waals surface area contributed by atoms with Gasteiger partial charge in [-0.25, -0.2) is 4.79 Å². The van der Waals surface area contributed by atoms with E-state index >= 15 is 0 Å². The van der Waals surface area contributed by atoms with Gasteiger partial charge in [-0.15, -0.1) is 10.2 Å². The molecule has 1 heterocycles. The Morgan fingerprint density at radius 2 is 1.79 bits per heavy atom. The fourth-order valence-corrected chi connectivity index (χ4v) is 1.70. The highest BCUT2D eigenvalue weighted by atomic mass is 16.6. The van der Waals surface area contributed by atoms with E-state index in [4.69, 9.17) is 9.47 Å². The van der Waals surface area contributed by atoms with Crippen LogP contribution in [0.5, 0.6) is 0 Å². The summed E-state index contributed by atoms with van der Waals surface area (Å²) in [6.45, 7) is 5.44. The van der Waals surface area contributed by atoms with Crippen LogP contribution < -0.4 is 0 Å². The Kier molecular flexibility index (Phi) is 5.62. The van der Waals surface area contributed by atoms with Crippen molar-refractivity contribution in [3.05, 3.63) is 41.7 Å². The summed E-state index contributed by atoms with van der Waals surface area (Å²) in [4.78, 5) is 24.7. The van der Waals surface area contributed by atoms with Gasteiger partial charge in [0.15, 0.2) is 12.4 Å². The summed E-state index contributed by atoms with van der Waals surface area (Å²) in [7, 11) is 0. The van der Waals surface area contributed by atoms with Gasteiger partial charge in [-0.3, -0.25) is 4.79 Å². The van der Waals surface area contributed by atoms with Crippen LogP contribution in [0.15, 0.2) is 30.3 Å². The van der Waals surface area contributed by atoms with E-state index in [0.29, 0.717) is 0 Å². The molecule has 1 aromatic carbocycles. The normalized spacial score (nSPS) is 11.1. The Morgan fingerprint density at radius 3 is 2.42 bits per heavy atom. The van der Waals surface area contributed by atoms with Gasteiger partial charge in [-0.2, -0.15) is 4.80 Å². The zero-order chi connectivity index (χ0) is 17.6. The highest BCUT2D eigenvalue weighted by molar-refractivity contribution is 5.77. The molecule has 0 spiro atoms. The van der Waals surface area contributed by atoms with Crippen LogP contribution in [-0.4, -0.2) is 38.8 Å². The van der Waals surface area contributed by atoms with Gasteiger partial charge in [0.25, 0.3) is 0 Å². The molecule has 0 amide bonds. The van der Waals surface area contributed by atoms with Crippen LogP contribution in [0.25, 0.3) is 0 Å². The molecule has 2 rings (SSSR count). The molecule has 0 radical (unpaired) electrons. The molecule has 0 unspecified atom stereocenters. The monoisotopic (exact) mass is 332 g/mol. The number of hydrogen-bond acceptors (Lipinski definition) is 7. The second-order valence-electron chi connectivity index (χ2n) is 6.15. The van der Waals surface area contributed by atoms with E-state index in [1.807, 2.05) is 51.1 Å². The minimum Gasteiger partial charge on any atom is -0.458 e. The van der Waals surface area contributed by atoms with E-state index in [1.54, 1.807) is 0 Å². The average Bonchev–Trinajstić information content (AvgIpc) is 3.00. The fourth-order valence-electron chi connectivity index (χ4n) is 1.70. The minimum absolute atomic E-state index is 0.138. The summed E-state index contributed by atoms with van der Waals surface area (Å²) in [5.74, 6) is -0.980. The predicted octanol–water partition coefficient (Wildman–Crippen LogP) is 1.26. The lowest BCUT2D eigenvalue weighted by molar-refractivity contribution is -0.159. The number of esters is 2. The van der Waals surface area contributed by atoms with Gasteiger partial charge in [0.1, 0.15) is 13.0 Å². The Hall–Kier alpha value is -2.77. The Bertz CT molecular complexity index is 692. The number of benzene rings is 1. The maximum atomic E-state index is 11.7. The maximum Gasteiger partial charge on any atom is 0.344 e. The highest BCUT2D eigenvalue weighted by Crippen LogP contribution is 2.09. The lowest BCUT2D eigenvalue weighted by Crippen LogP contribution is -2.25. The van der Waals surface area contributed by atoms with Crippen molar-refractivity contribution < 1.29 is 19.1 Å². The second kappa shape index (κ2) is 7.67. The Labute approximate surface area is 139 Å². The third-order valence-electron chi connectivity index (χ3n) is 2.95. The van der Waals surface area contributed by atoms with Crippen LogP contribution in [0, 0.1) is 0 Å². The molecule has 0 aliphatic heterocycles. The molecular formula is C16H20N4O4. The van der Waals surface area contributed by atoms with Crippen molar-refractivity contribution in [1.82, 2.24) is 20.2 Å². The zero-order valence-electron chi connectivity index (χ0n) is 13.9. The molecule has 0 fully saturated rings. The van der Waals surface area contributed by atoms with E-state index in [9.17, 15) is 9.59 Å². The van der Waals surface area contributed by atoms with E-state index in [-0.39, 0.29) is 24.4 Å². The van der Waals surface area contributed by atoms with E-state index < -0.39 is 18.5 Å². The van der Waals surface area contributed by atoms with Crippen molar-refractivity contribution in [3.8, 4) is 0 Å². The van der Waals surface area contributed by atoms with E-state index in [1.165, 1.54) is 4.80 Å². The van der Waals surface area contributed by atoms with Crippen LogP contribution in [0.1, 0.15) is 32.2 Å². The molecule has 1 aromatic heterocycles. The average molecular weight is 332 g/mol. The van der Waals surface area contributed by atoms with Gasteiger partial charge in [0.2, 0.25) is 0 Å². The molecule has 2 aromatic rings. The lowest BCUT2D eigenvalue weighted by Gasteiger charge is -2.15. The molecule has 0 bridgehead atoms. The van der Waals surface area contributed by atoms with Gasteiger partial charge in [0.05, 0.1) is 5.54 Å². The minimum atomic E-state index is -0.612. The molecule has 8 heteroatoms. The summed E-state index contributed by atoms with van der Waals surface area (Å²) in [5.41, 5.74) is 0.538. The van der Waals surface area contributed by atoms with Crippen LogP contribution in [-0.2, 0) is 37.6 Å². The van der Waals surface area contributed by atoms with Crippen LogP contribution in [0.4, 0.5) is 0 Å². The SMILES string of the molecule is CC(C)(C)n1nnc(CC(=O)OCC(=O)OCc2ccccc2)n1. The second-order valence-corrected chi connectivity index (χ2v) is 6.15. The number of aromatic nitrogens is 4. The van der Waals surface area contributed by atoms with E-state index in [0.717, 1.165) is 5.56 Å². The van der Waals surface area contributed by atoms with Crippen molar-refractivity contribution in [1.29, 1.82) is 0 Å². The van der Waals surface area contributed by atoms with Crippen molar-refractivity contribution in [2.24, 2.45) is 0 Å². The van der Waals surface area contributed by atoms with Gasteiger partial charge >= 0.3 is 11.9 Å². The number of rotatable bonds is 6. The van der Waals surface area contributed by atoms with Crippen LogP contribution >= 0.6 is 0 Å². The first-order valence-electron chi connectivity index (χ1n) is 7.49. The van der Waals surface area contributed by atoms with Gasteiger partial charge < -0.3 is 9.47 Å². The largest absolute Gasteiger partial charge is 0.458 e. The summed E-state index contributed by atoms with van der Waals surface area (Å²) < 4.78 is 9.87. The molecule has 24 heavy (non-hydrogen) atoms. The highest BCUT2D eigenvalue weighted by Gasteiger charge is 2.19. The van der Waals surface area contributed by atoms with Crippen molar-refractivity contribution >= 4 is 11.9 Å². The number of hydrogen-bond donors (Lipinski definition) is 0. The number of carbonyl (C=O) groups excluding carboxylic acids is 2. The van der Waals surface area contributed by atoms with Crippen LogP contribution in [0.2, 0.25) is 0 Å². The topological polar surface area (TPSA) is 96.2 Å². The molecule has 0 N–H and O–H groups in total. The molecule has 0 atom stereocenters. The zero-order valence-corrected chi connectivity index (χ0v) is 13.9. The molecule has 0 saturated carbocycles. The Morgan fingerprint density at radius 1 is 1.08 bits per heavy atom. The number of nitrogens with zero attached hydrogens (tertiary/aromatic N) is 4. The first-order chi connectivity index (χ1) is 11.3. The van der Waals surface area contributed by atoms with Gasteiger partial charge in [0, 0.05) is 0 Å². The predicted molar refractivity (Wildman–Crippen MR) is 83.7 cm³/mol. The molecule has 0 aliphatic carbocycles. The summed E-state index contributed by atoms with van der Waals surface area (Å²) in [6, 6.07) is 9.24. The standard InChI is InChI=1S/C16H20N4O4/c1-16(2,3)20-18-13(17-19-20)9-14(21)24-11-15(22)23-10-12-7-5-4-6-8-12/h4-8H,9-11H2,1-3H3. The van der Waals surface area contributed by atoms with Gasteiger partial charge in [-0.1, -0.05) is 30.3 Å². The van der Waals surface area contributed by atoms with Gasteiger partial charge in [-0.05, 0) is 31.5 Å². The summed E-state index contributed by atoms with van der Waals surface area (Å²) in [6.07, 6.45) is -0.151.